The predicted molar refractivity (Wildman–Crippen MR) is 48.1 cm³/mol. The van der Waals surface area contributed by atoms with Crippen molar-refractivity contribution in [3.63, 3.8) is 0 Å². The molecule has 0 aliphatic carbocycles. The largest absolute Gasteiger partial charge is 0.446 e. The van der Waals surface area contributed by atoms with Crippen LogP contribution >= 0.6 is 23.4 Å². The van der Waals surface area contributed by atoms with E-state index in [2.05, 4.69) is 0 Å². The first-order valence-corrected chi connectivity index (χ1v) is 4.60. The molecule has 0 unspecified atom stereocenters. The van der Waals surface area contributed by atoms with Crippen LogP contribution in [0.1, 0.15) is 5.56 Å². The molecule has 0 saturated carbocycles. The summed E-state index contributed by atoms with van der Waals surface area (Å²) >= 11 is 5.44. The molecule has 0 atom stereocenters. The van der Waals surface area contributed by atoms with Crippen LogP contribution in [0.2, 0.25) is 5.02 Å². The van der Waals surface area contributed by atoms with Crippen LogP contribution in [0.25, 0.3) is 0 Å². The Hall–Kier alpha value is -0.350. The van der Waals surface area contributed by atoms with Gasteiger partial charge in [-0.15, -0.1) is 0 Å². The van der Waals surface area contributed by atoms with E-state index in [-0.39, 0.29) is 21.7 Å². The van der Waals surface area contributed by atoms with E-state index in [9.17, 15) is 13.2 Å². The van der Waals surface area contributed by atoms with Crippen molar-refractivity contribution in [1.29, 1.82) is 0 Å². The molecule has 72 valence electrons. The maximum Gasteiger partial charge on any atom is 0.446 e. The Labute approximate surface area is 83.1 Å². The van der Waals surface area contributed by atoms with E-state index in [1.807, 2.05) is 0 Å². The minimum absolute atomic E-state index is 0.0802. The zero-order chi connectivity index (χ0) is 10.1. The number of hydrogen-bond donors (Lipinski definition) is 0. The van der Waals surface area contributed by atoms with Crippen LogP contribution in [0, 0.1) is 6.92 Å². The molecule has 0 spiro atoms. The fourth-order valence-corrected chi connectivity index (χ4v) is 1.83. The molecule has 1 aromatic carbocycles. The molecule has 0 aliphatic rings. The topological polar surface area (TPSA) is 0 Å². The van der Waals surface area contributed by atoms with Gasteiger partial charge in [-0.05, 0) is 30.3 Å². The molecule has 13 heavy (non-hydrogen) atoms. The highest BCUT2D eigenvalue weighted by molar-refractivity contribution is 8.00. The Morgan fingerprint density at radius 1 is 1.31 bits per heavy atom. The second-order valence-electron chi connectivity index (χ2n) is 2.43. The van der Waals surface area contributed by atoms with Gasteiger partial charge in [0.05, 0.1) is 5.02 Å². The number of benzene rings is 1. The van der Waals surface area contributed by atoms with Gasteiger partial charge in [0.25, 0.3) is 0 Å². The van der Waals surface area contributed by atoms with Crippen molar-refractivity contribution in [1.82, 2.24) is 0 Å². The molecular formula is C8H6ClF3S. The van der Waals surface area contributed by atoms with Gasteiger partial charge in [-0.25, -0.2) is 0 Å². The highest BCUT2D eigenvalue weighted by Crippen LogP contribution is 2.41. The summed E-state index contributed by atoms with van der Waals surface area (Å²) in [6.45, 7) is 1.60. The number of aryl methyl sites for hydroxylation is 1. The summed E-state index contributed by atoms with van der Waals surface area (Å²) in [6.07, 6.45) is 0. The molecule has 0 amide bonds. The van der Waals surface area contributed by atoms with Crippen LogP contribution in [-0.2, 0) is 0 Å². The van der Waals surface area contributed by atoms with Crippen molar-refractivity contribution in [3.05, 3.63) is 28.8 Å². The van der Waals surface area contributed by atoms with Gasteiger partial charge < -0.3 is 0 Å². The van der Waals surface area contributed by atoms with Crippen LogP contribution < -0.4 is 0 Å². The standard InChI is InChI=1S/C8H6ClF3S/c1-5-3-2-4-6(9)7(5)13-8(10,11)12/h2-4H,1H3. The second-order valence-corrected chi connectivity index (χ2v) is 3.92. The summed E-state index contributed by atoms with van der Waals surface area (Å²) in [5, 5.41) is 0.141. The molecule has 0 aromatic heterocycles. The number of thioether (sulfide) groups is 1. The number of hydrogen-bond acceptors (Lipinski definition) is 1. The van der Waals surface area contributed by atoms with Crippen molar-refractivity contribution in [2.75, 3.05) is 0 Å². The Morgan fingerprint density at radius 3 is 2.38 bits per heavy atom. The number of rotatable bonds is 1. The molecule has 5 heteroatoms. The molecule has 0 bridgehead atoms. The molecule has 1 rings (SSSR count). The normalized spacial score (nSPS) is 11.8. The van der Waals surface area contributed by atoms with E-state index in [1.165, 1.54) is 6.07 Å². The first-order valence-electron chi connectivity index (χ1n) is 3.41. The van der Waals surface area contributed by atoms with Crippen LogP contribution in [0.5, 0.6) is 0 Å². The Bertz CT molecular complexity index is 288. The molecule has 0 saturated heterocycles. The second kappa shape index (κ2) is 3.80. The molecule has 0 radical (unpaired) electrons. The fraction of sp³-hybridized carbons (Fsp3) is 0.250. The molecule has 0 nitrogen and oxygen atoms in total. The van der Waals surface area contributed by atoms with Crippen molar-refractivity contribution in [2.45, 2.75) is 17.3 Å². The predicted octanol–water partition coefficient (Wildman–Crippen LogP) is 4.26. The third-order valence-corrected chi connectivity index (χ3v) is 2.79. The van der Waals surface area contributed by atoms with Gasteiger partial charge in [-0.1, -0.05) is 23.7 Å². The molecule has 0 heterocycles. The van der Waals surface area contributed by atoms with E-state index >= 15 is 0 Å². The minimum Gasteiger partial charge on any atom is -0.160 e. The average molecular weight is 227 g/mol. The smallest absolute Gasteiger partial charge is 0.160 e. The number of alkyl halides is 3. The van der Waals surface area contributed by atoms with Gasteiger partial charge in [0.2, 0.25) is 0 Å². The third-order valence-electron chi connectivity index (χ3n) is 1.38. The van der Waals surface area contributed by atoms with Crippen LogP contribution in [0.15, 0.2) is 23.1 Å². The molecule has 1 aromatic rings. The molecule has 0 aliphatic heterocycles. The van der Waals surface area contributed by atoms with Crippen molar-refractivity contribution in [3.8, 4) is 0 Å². The van der Waals surface area contributed by atoms with Crippen LogP contribution in [0.4, 0.5) is 13.2 Å². The zero-order valence-corrected chi connectivity index (χ0v) is 8.22. The maximum atomic E-state index is 12.0. The zero-order valence-electron chi connectivity index (χ0n) is 6.65. The molecule has 0 fully saturated rings. The van der Waals surface area contributed by atoms with E-state index in [1.54, 1.807) is 19.1 Å². The Balaban J connectivity index is 3.00. The van der Waals surface area contributed by atoms with E-state index in [0.29, 0.717) is 5.56 Å². The lowest BCUT2D eigenvalue weighted by Gasteiger charge is -2.09. The van der Waals surface area contributed by atoms with Gasteiger partial charge in [0.15, 0.2) is 0 Å². The lowest BCUT2D eigenvalue weighted by atomic mass is 10.2. The summed E-state index contributed by atoms with van der Waals surface area (Å²) in [5.41, 5.74) is -3.75. The molecular weight excluding hydrogens is 221 g/mol. The van der Waals surface area contributed by atoms with Crippen molar-refractivity contribution < 1.29 is 13.2 Å². The van der Waals surface area contributed by atoms with Gasteiger partial charge >= 0.3 is 5.51 Å². The first-order chi connectivity index (χ1) is 5.90. The summed E-state index contributed by atoms with van der Waals surface area (Å²) in [6, 6.07) is 4.67. The van der Waals surface area contributed by atoms with E-state index in [0.717, 1.165) is 0 Å². The van der Waals surface area contributed by atoms with Crippen LogP contribution in [0.3, 0.4) is 0 Å². The summed E-state index contributed by atoms with van der Waals surface area (Å²) < 4.78 is 36.0. The van der Waals surface area contributed by atoms with Crippen molar-refractivity contribution >= 4 is 23.4 Å². The SMILES string of the molecule is Cc1cccc(Cl)c1SC(F)(F)F. The fourth-order valence-electron chi connectivity index (χ4n) is 0.862. The third kappa shape index (κ3) is 3.12. The van der Waals surface area contributed by atoms with Gasteiger partial charge in [0, 0.05) is 4.90 Å². The minimum atomic E-state index is -4.28. The van der Waals surface area contributed by atoms with E-state index < -0.39 is 5.51 Å². The lowest BCUT2D eigenvalue weighted by Crippen LogP contribution is -2.00. The van der Waals surface area contributed by atoms with Gasteiger partial charge in [0.1, 0.15) is 0 Å². The average Bonchev–Trinajstić information content (AvgIpc) is 1.95. The quantitative estimate of drug-likeness (QED) is 0.645. The monoisotopic (exact) mass is 226 g/mol. The first kappa shape index (κ1) is 10.7. The van der Waals surface area contributed by atoms with Crippen LogP contribution in [-0.4, -0.2) is 5.51 Å². The lowest BCUT2D eigenvalue weighted by molar-refractivity contribution is -0.0328. The summed E-state index contributed by atoms with van der Waals surface area (Å²) in [4.78, 5) is 0.0802. The Kier molecular flexibility index (Phi) is 3.14. The summed E-state index contributed by atoms with van der Waals surface area (Å²) in [7, 11) is 0. The highest BCUT2D eigenvalue weighted by Gasteiger charge is 2.30. The maximum absolute atomic E-state index is 12.0. The van der Waals surface area contributed by atoms with Gasteiger partial charge in [-0.2, -0.15) is 13.2 Å². The Morgan fingerprint density at radius 2 is 1.92 bits per heavy atom. The van der Waals surface area contributed by atoms with Gasteiger partial charge in [-0.3, -0.25) is 0 Å². The molecule has 0 N–H and O–H groups in total. The highest BCUT2D eigenvalue weighted by atomic mass is 35.5. The van der Waals surface area contributed by atoms with E-state index in [4.69, 9.17) is 11.6 Å². The number of halogens is 4. The van der Waals surface area contributed by atoms with Crippen molar-refractivity contribution in [2.24, 2.45) is 0 Å². The summed E-state index contributed by atoms with van der Waals surface area (Å²) in [5.74, 6) is 0.